The molecule has 0 fully saturated rings. The number of amides is 1. The van der Waals surface area contributed by atoms with E-state index < -0.39 is 0 Å². The Kier molecular flexibility index (Phi) is 3.98. The summed E-state index contributed by atoms with van der Waals surface area (Å²) < 4.78 is 13.1. The lowest BCUT2D eigenvalue weighted by Crippen LogP contribution is -2.25. The fourth-order valence-corrected chi connectivity index (χ4v) is 1.92. The van der Waals surface area contributed by atoms with Gasteiger partial charge in [0.25, 0.3) is 5.91 Å². The molecule has 0 saturated heterocycles. The van der Waals surface area contributed by atoms with Crippen LogP contribution in [-0.2, 0) is 6.54 Å². The molecule has 4 nitrogen and oxygen atoms in total. The lowest BCUT2D eigenvalue weighted by Gasteiger charge is -2.08. The Balaban J connectivity index is 2.12. The summed E-state index contributed by atoms with van der Waals surface area (Å²) in [7, 11) is 0. The quantitative estimate of drug-likeness (QED) is 0.900. The molecule has 2 rings (SSSR count). The first-order chi connectivity index (χ1) is 9.45. The van der Waals surface area contributed by atoms with E-state index in [0.717, 1.165) is 5.56 Å². The first-order valence-corrected chi connectivity index (χ1v) is 6.20. The Morgan fingerprint density at radius 1 is 1.25 bits per heavy atom. The van der Waals surface area contributed by atoms with Gasteiger partial charge in [0, 0.05) is 23.9 Å². The number of halogens is 1. The minimum Gasteiger partial charge on any atom is -0.348 e. The molecule has 104 valence electrons. The molecule has 0 aliphatic heterocycles. The van der Waals surface area contributed by atoms with Gasteiger partial charge in [-0.25, -0.2) is 4.39 Å². The number of H-pyrrole nitrogens is 1. The van der Waals surface area contributed by atoms with Crippen LogP contribution in [-0.4, -0.2) is 10.9 Å². The first-order valence-electron chi connectivity index (χ1n) is 6.20. The summed E-state index contributed by atoms with van der Waals surface area (Å²) in [5, 5.41) is 2.68. The van der Waals surface area contributed by atoms with Crippen molar-refractivity contribution in [2.45, 2.75) is 20.4 Å². The van der Waals surface area contributed by atoms with E-state index in [-0.39, 0.29) is 23.8 Å². The summed E-state index contributed by atoms with van der Waals surface area (Å²) in [6, 6.07) is 7.25. The Morgan fingerprint density at radius 2 is 2.00 bits per heavy atom. The van der Waals surface area contributed by atoms with E-state index in [1.54, 1.807) is 19.1 Å². The number of nitrogens with one attached hydrogen (secondary N) is 2. The lowest BCUT2D eigenvalue weighted by atomic mass is 10.1. The molecule has 1 aromatic carbocycles. The van der Waals surface area contributed by atoms with Gasteiger partial charge in [0.1, 0.15) is 5.82 Å². The Bertz CT molecular complexity index is 707. The second-order valence-electron chi connectivity index (χ2n) is 4.67. The maximum atomic E-state index is 13.1. The van der Waals surface area contributed by atoms with Gasteiger partial charge < -0.3 is 10.3 Å². The predicted octanol–water partition coefficient (Wildman–Crippen LogP) is 2.06. The van der Waals surface area contributed by atoms with Gasteiger partial charge in [0.15, 0.2) is 0 Å². The Hall–Kier alpha value is -2.43. The van der Waals surface area contributed by atoms with E-state index in [9.17, 15) is 14.0 Å². The molecule has 0 saturated carbocycles. The molecule has 0 aliphatic carbocycles. The number of carbonyl (C=O) groups excluding carboxylic acids is 1. The molecule has 2 N–H and O–H groups in total. The molecule has 1 amide bonds. The molecule has 2 aromatic rings. The molecule has 0 atom stereocenters. The molecule has 0 bridgehead atoms. The monoisotopic (exact) mass is 274 g/mol. The minimum absolute atomic E-state index is 0.217. The van der Waals surface area contributed by atoms with E-state index in [1.165, 1.54) is 18.2 Å². The Morgan fingerprint density at radius 3 is 2.70 bits per heavy atom. The molecule has 20 heavy (non-hydrogen) atoms. The summed E-state index contributed by atoms with van der Waals surface area (Å²) >= 11 is 0. The second kappa shape index (κ2) is 5.69. The SMILES string of the molecule is Cc1cc(C(=O)NCc2cc(F)ccc2C)cc(=O)[nH]1. The average molecular weight is 274 g/mol. The lowest BCUT2D eigenvalue weighted by molar-refractivity contribution is 0.0950. The third-order valence-corrected chi connectivity index (χ3v) is 2.99. The summed E-state index contributed by atoms with van der Waals surface area (Å²) in [5.74, 6) is -0.699. The number of rotatable bonds is 3. The fraction of sp³-hybridized carbons (Fsp3) is 0.200. The molecule has 1 aromatic heterocycles. The largest absolute Gasteiger partial charge is 0.348 e. The van der Waals surface area contributed by atoms with E-state index in [2.05, 4.69) is 10.3 Å². The van der Waals surface area contributed by atoms with E-state index in [1.807, 2.05) is 6.92 Å². The molecule has 0 aliphatic rings. The number of aromatic nitrogens is 1. The molecular weight excluding hydrogens is 259 g/mol. The second-order valence-corrected chi connectivity index (χ2v) is 4.67. The normalized spacial score (nSPS) is 10.3. The number of pyridine rings is 1. The van der Waals surface area contributed by atoms with Crippen LogP contribution >= 0.6 is 0 Å². The molecule has 5 heteroatoms. The summed E-state index contributed by atoms with van der Waals surface area (Å²) in [5.41, 5.74) is 2.19. The van der Waals surface area contributed by atoms with Gasteiger partial charge in [-0.2, -0.15) is 0 Å². The van der Waals surface area contributed by atoms with E-state index in [0.29, 0.717) is 16.8 Å². The topological polar surface area (TPSA) is 62.0 Å². The first kappa shape index (κ1) is 14.0. The number of benzene rings is 1. The highest BCUT2D eigenvalue weighted by atomic mass is 19.1. The van der Waals surface area contributed by atoms with Gasteiger partial charge in [-0.1, -0.05) is 6.07 Å². The molecule has 0 radical (unpaired) electrons. The van der Waals surface area contributed by atoms with Crippen molar-refractivity contribution in [3.63, 3.8) is 0 Å². The maximum Gasteiger partial charge on any atom is 0.251 e. The third kappa shape index (κ3) is 3.32. The van der Waals surface area contributed by atoms with Crippen LogP contribution < -0.4 is 10.9 Å². The number of aryl methyl sites for hydroxylation is 2. The standard InChI is InChI=1S/C15H15FN2O2/c1-9-3-4-13(16)6-12(9)8-17-15(20)11-5-10(2)18-14(19)7-11/h3-7H,8H2,1-2H3,(H,17,20)(H,18,19). The van der Waals surface area contributed by atoms with Crippen LogP contribution in [0.3, 0.4) is 0 Å². The van der Waals surface area contributed by atoms with Gasteiger partial charge in [0.05, 0.1) is 0 Å². The zero-order valence-electron chi connectivity index (χ0n) is 11.3. The highest BCUT2D eigenvalue weighted by Gasteiger charge is 2.08. The minimum atomic E-state index is -0.358. The van der Waals surface area contributed by atoms with Gasteiger partial charge in [-0.3, -0.25) is 9.59 Å². The molecule has 0 unspecified atom stereocenters. The number of hydrogen-bond acceptors (Lipinski definition) is 2. The highest BCUT2D eigenvalue weighted by molar-refractivity contribution is 5.94. The van der Waals surface area contributed by atoms with Gasteiger partial charge in [0.2, 0.25) is 5.56 Å². The smallest absolute Gasteiger partial charge is 0.251 e. The van der Waals surface area contributed by atoms with Crippen LogP contribution in [0, 0.1) is 19.7 Å². The third-order valence-electron chi connectivity index (χ3n) is 2.99. The van der Waals surface area contributed by atoms with Crippen LogP contribution in [0.4, 0.5) is 4.39 Å². The Labute approximate surface area is 115 Å². The molecule has 0 spiro atoms. The predicted molar refractivity (Wildman–Crippen MR) is 74.1 cm³/mol. The maximum absolute atomic E-state index is 13.1. The van der Waals surface area contributed by atoms with Gasteiger partial charge in [-0.05, 0) is 43.2 Å². The van der Waals surface area contributed by atoms with E-state index >= 15 is 0 Å². The van der Waals surface area contributed by atoms with Crippen molar-refractivity contribution in [2.24, 2.45) is 0 Å². The van der Waals surface area contributed by atoms with Crippen molar-refractivity contribution in [1.82, 2.24) is 10.3 Å². The van der Waals surface area contributed by atoms with Crippen LogP contribution in [0.15, 0.2) is 35.1 Å². The fourth-order valence-electron chi connectivity index (χ4n) is 1.92. The van der Waals surface area contributed by atoms with Crippen molar-refractivity contribution in [3.8, 4) is 0 Å². The van der Waals surface area contributed by atoms with Crippen LogP contribution in [0.2, 0.25) is 0 Å². The van der Waals surface area contributed by atoms with E-state index in [4.69, 9.17) is 0 Å². The number of hydrogen-bond donors (Lipinski definition) is 2. The zero-order valence-corrected chi connectivity index (χ0v) is 11.3. The van der Waals surface area contributed by atoms with Crippen molar-refractivity contribution in [2.75, 3.05) is 0 Å². The molecule has 1 heterocycles. The highest BCUT2D eigenvalue weighted by Crippen LogP contribution is 2.10. The summed E-state index contributed by atoms with van der Waals surface area (Å²) in [6.07, 6.45) is 0. The number of carbonyl (C=O) groups is 1. The molecular formula is C15H15FN2O2. The van der Waals surface area contributed by atoms with Crippen molar-refractivity contribution < 1.29 is 9.18 Å². The number of aromatic amines is 1. The van der Waals surface area contributed by atoms with Crippen molar-refractivity contribution in [3.05, 3.63) is 68.9 Å². The van der Waals surface area contributed by atoms with Crippen LogP contribution in [0.5, 0.6) is 0 Å². The zero-order chi connectivity index (χ0) is 14.7. The van der Waals surface area contributed by atoms with Gasteiger partial charge in [-0.15, -0.1) is 0 Å². The summed E-state index contributed by atoms with van der Waals surface area (Å²) in [6.45, 7) is 3.77. The van der Waals surface area contributed by atoms with Crippen LogP contribution in [0.1, 0.15) is 27.2 Å². The van der Waals surface area contributed by atoms with Gasteiger partial charge >= 0.3 is 0 Å². The summed E-state index contributed by atoms with van der Waals surface area (Å²) in [4.78, 5) is 25.8. The van der Waals surface area contributed by atoms with Crippen molar-refractivity contribution in [1.29, 1.82) is 0 Å². The average Bonchev–Trinajstić information content (AvgIpc) is 2.38. The van der Waals surface area contributed by atoms with Crippen molar-refractivity contribution >= 4 is 5.91 Å². The van der Waals surface area contributed by atoms with Crippen LogP contribution in [0.25, 0.3) is 0 Å².